The van der Waals surface area contributed by atoms with E-state index in [0.717, 1.165) is 5.56 Å². The molecule has 0 radical (unpaired) electrons. The van der Waals surface area contributed by atoms with Crippen LogP contribution in [0.3, 0.4) is 0 Å². The van der Waals surface area contributed by atoms with E-state index in [4.69, 9.17) is 5.73 Å². The Bertz CT molecular complexity index is 520. The van der Waals surface area contributed by atoms with E-state index < -0.39 is 0 Å². The van der Waals surface area contributed by atoms with E-state index >= 15 is 0 Å². The number of amides is 1. The maximum atomic E-state index is 12.0. The zero-order chi connectivity index (χ0) is 15.0. The Morgan fingerprint density at radius 1 is 1.00 bits per heavy atom. The molecule has 3 heteroatoms. The summed E-state index contributed by atoms with van der Waals surface area (Å²) in [6.45, 7) is 5.96. The molecule has 0 saturated carbocycles. The molecule has 1 unspecified atom stereocenters. The SMILES string of the molecule is CC.CC(NC(=O)c1ccc(N)cc1)c1ccccc1. The molecule has 3 nitrogen and oxygen atoms in total. The summed E-state index contributed by atoms with van der Waals surface area (Å²) >= 11 is 0. The molecular weight excluding hydrogens is 248 g/mol. The maximum Gasteiger partial charge on any atom is 0.251 e. The van der Waals surface area contributed by atoms with Crippen molar-refractivity contribution in [1.29, 1.82) is 0 Å². The third kappa shape index (κ3) is 4.43. The van der Waals surface area contributed by atoms with Crippen LogP contribution in [0, 0.1) is 0 Å². The van der Waals surface area contributed by atoms with Crippen molar-refractivity contribution < 1.29 is 4.79 Å². The molecular formula is C17H22N2O. The number of rotatable bonds is 3. The number of nitrogens with two attached hydrogens (primary N) is 1. The molecule has 1 amide bonds. The maximum absolute atomic E-state index is 12.0. The summed E-state index contributed by atoms with van der Waals surface area (Å²) < 4.78 is 0. The van der Waals surface area contributed by atoms with Crippen LogP contribution < -0.4 is 11.1 Å². The lowest BCUT2D eigenvalue weighted by molar-refractivity contribution is 0.0940. The van der Waals surface area contributed by atoms with Gasteiger partial charge in [0.2, 0.25) is 0 Å². The van der Waals surface area contributed by atoms with Crippen LogP contribution in [0.5, 0.6) is 0 Å². The molecule has 20 heavy (non-hydrogen) atoms. The van der Waals surface area contributed by atoms with Gasteiger partial charge in [-0.25, -0.2) is 0 Å². The van der Waals surface area contributed by atoms with E-state index in [1.54, 1.807) is 24.3 Å². The average molecular weight is 270 g/mol. The van der Waals surface area contributed by atoms with Gasteiger partial charge in [-0.2, -0.15) is 0 Å². The van der Waals surface area contributed by atoms with Gasteiger partial charge >= 0.3 is 0 Å². The van der Waals surface area contributed by atoms with Crippen molar-refractivity contribution in [2.45, 2.75) is 26.8 Å². The lowest BCUT2D eigenvalue weighted by Crippen LogP contribution is -2.26. The Kier molecular flexibility index (Phi) is 6.30. The summed E-state index contributed by atoms with van der Waals surface area (Å²) in [5.74, 6) is -0.0913. The number of benzene rings is 2. The van der Waals surface area contributed by atoms with Crippen LogP contribution in [0.2, 0.25) is 0 Å². The first kappa shape index (κ1) is 15.8. The van der Waals surface area contributed by atoms with E-state index in [9.17, 15) is 4.79 Å². The molecule has 2 aromatic carbocycles. The highest BCUT2D eigenvalue weighted by molar-refractivity contribution is 5.94. The average Bonchev–Trinajstić information content (AvgIpc) is 2.50. The van der Waals surface area contributed by atoms with Gasteiger partial charge in [0.25, 0.3) is 5.91 Å². The predicted molar refractivity (Wildman–Crippen MR) is 84.5 cm³/mol. The highest BCUT2D eigenvalue weighted by Crippen LogP contribution is 2.13. The molecule has 0 fully saturated rings. The Labute approximate surface area is 120 Å². The fraction of sp³-hybridized carbons (Fsp3) is 0.235. The van der Waals surface area contributed by atoms with Crippen molar-refractivity contribution in [2.24, 2.45) is 0 Å². The number of hydrogen-bond acceptors (Lipinski definition) is 2. The lowest BCUT2D eigenvalue weighted by atomic mass is 10.1. The van der Waals surface area contributed by atoms with E-state index in [-0.39, 0.29) is 11.9 Å². The topological polar surface area (TPSA) is 55.1 Å². The minimum atomic E-state index is -0.0913. The zero-order valence-electron chi connectivity index (χ0n) is 12.3. The first-order chi connectivity index (χ1) is 9.66. The van der Waals surface area contributed by atoms with E-state index in [2.05, 4.69) is 5.32 Å². The molecule has 2 aromatic rings. The van der Waals surface area contributed by atoms with Gasteiger partial charge in [0.1, 0.15) is 0 Å². The molecule has 3 N–H and O–H groups in total. The van der Waals surface area contributed by atoms with Crippen molar-refractivity contribution in [3.8, 4) is 0 Å². The zero-order valence-corrected chi connectivity index (χ0v) is 12.3. The summed E-state index contributed by atoms with van der Waals surface area (Å²) in [6, 6.07) is 16.7. The smallest absolute Gasteiger partial charge is 0.251 e. The lowest BCUT2D eigenvalue weighted by Gasteiger charge is -2.14. The number of anilines is 1. The largest absolute Gasteiger partial charge is 0.399 e. The number of nitrogen functional groups attached to an aromatic ring is 1. The van der Waals surface area contributed by atoms with Gasteiger partial charge in [-0.3, -0.25) is 4.79 Å². The molecule has 2 rings (SSSR count). The highest BCUT2D eigenvalue weighted by Gasteiger charge is 2.10. The third-order valence-electron chi connectivity index (χ3n) is 2.82. The summed E-state index contributed by atoms with van der Waals surface area (Å²) in [5.41, 5.74) is 7.94. The van der Waals surface area contributed by atoms with Crippen LogP contribution in [0.15, 0.2) is 54.6 Å². The second-order valence-electron chi connectivity index (χ2n) is 4.23. The Hall–Kier alpha value is -2.29. The summed E-state index contributed by atoms with van der Waals surface area (Å²) in [5, 5.41) is 2.95. The summed E-state index contributed by atoms with van der Waals surface area (Å²) in [4.78, 5) is 12.0. The van der Waals surface area contributed by atoms with E-state index in [0.29, 0.717) is 11.3 Å². The summed E-state index contributed by atoms with van der Waals surface area (Å²) in [7, 11) is 0. The molecule has 0 bridgehead atoms. The van der Waals surface area contributed by atoms with Crippen LogP contribution in [-0.2, 0) is 0 Å². The quantitative estimate of drug-likeness (QED) is 0.834. The van der Waals surface area contributed by atoms with Crippen LogP contribution in [0.4, 0.5) is 5.69 Å². The van der Waals surface area contributed by atoms with Gasteiger partial charge < -0.3 is 11.1 Å². The van der Waals surface area contributed by atoms with Crippen LogP contribution >= 0.6 is 0 Å². The Morgan fingerprint density at radius 2 is 1.55 bits per heavy atom. The Morgan fingerprint density at radius 3 is 2.10 bits per heavy atom. The minimum absolute atomic E-state index is 0.0174. The fourth-order valence-corrected chi connectivity index (χ4v) is 1.74. The van der Waals surface area contributed by atoms with Crippen molar-refractivity contribution in [1.82, 2.24) is 5.32 Å². The molecule has 0 aliphatic rings. The standard InChI is InChI=1S/C15H16N2O.C2H6/c1-11(12-5-3-2-4-6-12)17-15(18)13-7-9-14(16)10-8-13;1-2/h2-11H,16H2,1H3,(H,17,18);1-2H3. The molecule has 0 aliphatic heterocycles. The molecule has 0 aromatic heterocycles. The van der Waals surface area contributed by atoms with Crippen LogP contribution in [0.25, 0.3) is 0 Å². The second-order valence-corrected chi connectivity index (χ2v) is 4.23. The minimum Gasteiger partial charge on any atom is -0.399 e. The first-order valence-electron chi connectivity index (χ1n) is 6.88. The molecule has 1 atom stereocenters. The van der Waals surface area contributed by atoms with Gasteiger partial charge in [0.05, 0.1) is 6.04 Å². The number of carbonyl (C=O) groups excluding carboxylic acids is 1. The van der Waals surface area contributed by atoms with Gasteiger partial charge in [-0.05, 0) is 36.8 Å². The number of carbonyl (C=O) groups is 1. The van der Waals surface area contributed by atoms with Gasteiger partial charge in [0, 0.05) is 11.3 Å². The van der Waals surface area contributed by atoms with Crippen LogP contribution in [-0.4, -0.2) is 5.91 Å². The fourth-order valence-electron chi connectivity index (χ4n) is 1.74. The van der Waals surface area contributed by atoms with E-state index in [1.165, 1.54) is 0 Å². The first-order valence-corrected chi connectivity index (χ1v) is 6.88. The van der Waals surface area contributed by atoms with Crippen molar-refractivity contribution in [3.63, 3.8) is 0 Å². The number of hydrogen-bond donors (Lipinski definition) is 2. The van der Waals surface area contributed by atoms with Gasteiger partial charge in [-0.15, -0.1) is 0 Å². The van der Waals surface area contributed by atoms with Crippen molar-refractivity contribution in [2.75, 3.05) is 5.73 Å². The van der Waals surface area contributed by atoms with E-state index in [1.807, 2.05) is 51.1 Å². The highest BCUT2D eigenvalue weighted by atomic mass is 16.1. The monoisotopic (exact) mass is 270 g/mol. The molecule has 106 valence electrons. The molecule has 0 spiro atoms. The second kappa shape index (κ2) is 8.00. The molecule has 0 heterocycles. The van der Waals surface area contributed by atoms with Gasteiger partial charge in [-0.1, -0.05) is 44.2 Å². The van der Waals surface area contributed by atoms with Crippen molar-refractivity contribution in [3.05, 3.63) is 65.7 Å². The Balaban J connectivity index is 0.000000956. The van der Waals surface area contributed by atoms with Crippen molar-refractivity contribution >= 4 is 11.6 Å². The van der Waals surface area contributed by atoms with Crippen LogP contribution in [0.1, 0.15) is 42.7 Å². The summed E-state index contributed by atoms with van der Waals surface area (Å²) in [6.07, 6.45) is 0. The number of nitrogens with one attached hydrogen (secondary N) is 1. The molecule has 0 aliphatic carbocycles. The van der Waals surface area contributed by atoms with Gasteiger partial charge in [0.15, 0.2) is 0 Å². The molecule has 0 saturated heterocycles. The predicted octanol–water partition coefficient (Wildman–Crippen LogP) is 3.79. The third-order valence-corrected chi connectivity index (χ3v) is 2.82. The normalized spacial score (nSPS) is 10.9.